The van der Waals surface area contributed by atoms with Crippen molar-refractivity contribution in [3.63, 3.8) is 0 Å². The van der Waals surface area contributed by atoms with Crippen LogP contribution in [-0.4, -0.2) is 42.6 Å². The van der Waals surface area contributed by atoms with Crippen molar-refractivity contribution in [2.45, 2.75) is 38.7 Å². The summed E-state index contributed by atoms with van der Waals surface area (Å²) in [7, 11) is 0. The highest BCUT2D eigenvalue weighted by Gasteiger charge is 2.36. The first-order valence-corrected chi connectivity index (χ1v) is 9.05. The molecule has 9 heteroatoms. The van der Waals surface area contributed by atoms with Gasteiger partial charge < -0.3 is 14.4 Å². The Hall–Kier alpha value is -2.16. The number of likely N-dealkylation sites (tertiary alicyclic amines) is 1. The molecule has 3 rings (SSSR count). The highest BCUT2D eigenvalue weighted by Crippen LogP contribution is 2.30. The number of cyclic esters (lactones) is 1. The van der Waals surface area contributed by atoms with E-state index in [0.717, 1.165) is 12.1 Å². The van der Waals surface area contributed by atoms with Crippen LogP contribution in [0.2, 0.25) is 0 Å². The molecule has 1 amide bonds. The van der Waals surface area contributed by atoms with Crippen molar-refractivity contribution < 1.29 is 36.6 Å². The van der Waals surface area contributed by atoms with E-state index in [-0.39, 0.29) is 42.0 Å². The standard InChI is InChI=1S/C19H21F4NO4/c1-11(4-12-5-17(25)28-9-12)18(26)24-7-15(8-24)27-10-13-2-3-14(6-16(13)20)19(21,22)23/h2-3,6,11-12,15H,4-5,7-10H2,1H3/t11?,12-/m0/s1. The zero-order valence-corrected chi connectivity index (χ0v) is 15.3. The molecule has 1 aromatic rings. The summed E-state index contributed by atoms with van der Waals surface area (Å²) in [5.41, 5.74) is -1.01. The van der Waals surface area contributed by atoms with Gasteiger partial charge in [0.15, 0.2) is 0 Å². The number of carbonyl (C=O) groups is 2. The van der Waals surface area contributed by atoms with Crippen LogP contribution in [0.5, 0.6) is 0 Å². The molecule has 28 heavy (non-hydrogen) atoms. The fourth-order valence-corrected chi connectivity index (χ4v) is 3.40. The van der Waals surface area contributed by atoms with Crippen LogP contribution in [0.25, 0.3) is 0 Å². The molecule has 0 aliphatic carbocycles. The van der Waals surface area contributed by atoms with Gasteiger partial charge in [0.25, 0.3) is 0 Å². The Kier molecular flexibility index (Phi) is 5.92. The van der Waals surface area contributed by atoms with Crippen molar-refractivity contribution in [3.8, 4) is 0 Å². The predicted octanol–water partition coefficient (Wildman–Crippen LogP) is 3.16. The fraction of sp³-hybridized carbons (Fsp3) is 0.579. The average Bonchev–Trinajstić information content (AvgIpc) is 2.98. The van der Waals surface area contributed by atoms with Gasteiger partial charge in [-0.3, -0.25) is 9.59 Å². The van der Waals surface area contributed by atoms with E-state index >= 15 is 0 Å². The van der Waals surface area contributed by atoms with Gasteiger partial charge in [0, 0.05) is 30.5 Å². The molecular weight excluding hydrogens is 382 g/mol. The summed E-state index contributed by atoms with van der Waals surface area (Å²) in [6, 6.07) is 2.33. The highest BCUT2D eigenvalue weighted by molar-refractivity contribution is 5.79. The molecular formula is C19H21F4NO4. The van der Waals surface area contributed by atoms with E-state index in [9.17, 15) is 27.2 Å². The van der Waals surface area contributed by atoms with E-state index in [4.69, 9.17) is 9.47 Å². The summed E-state index contributed by atoms with van der Waals surface area (Å²) >= 11 is 0. The van der Waals surface area contributed by atoms with E-state index in [1.807, 2.05) is 0 Å². The maximum absolute atomic E-state index is 13.8. The van der Waals surface area contributed by atoms with Crippen LogP contribution in [0.15, 0.2) is 18.2 Å². The summed E-state index contributed by atoms with van der Waals surface area (Å²) in [6.07, 6.45) is -3.97. The minimum Gasteiger partial charge on any atom is -0.465 e. The molecule has 0 spiro atoms. The van der Waals surface area contributed by atoms with E-state index in [1.165, 1.54) is 0 Å². The first-order valence-electron chi connectivity index (χ1n) is 9.05. The van der Waals surface area contributed by atoms with Gasteiger partial charge in [-0.25, -0.2) is 4.39 Å². The Morgan fingerprint density at radius 1 is 1.36 bits per heavy atom. The monoisotopic (exact) mass is 403 g/mol. The largest absolute Gasteiger partial charge is 0.465 e. The van der Waals surface area contributed by atoms with E-state index in [0.29, 0.717) is 38.6 Å². The number of hydrogen-bond acceptors (Lipinski definition) is 4. The zero-order valence-electron chi connectivity index (χ0n) is 15.3. The van der Waals surface area contributed by atoms with Crippen molar-refractivity contribution in [2.75, 3.05) is 19.7 Å². The molecule has 5 nitrogen and oxygen atoms in total. The van der Waals surface area contributed by atoms with E-state index in [2.05, 4.69) is 0 Å². The minimum atomic E-state index is -4.59. The van der Waals surface area contributed by atoms with Crippen LogP contribution in [0.3, 0.4) is 0 Å². The van der Waals surface area contributed by atoms with Gasteiger partial charge in [0.1, 0.15) is 5.82 Å². The second-order valence-corrected chi connectivity index (χ2v) is 7.37. The van der Waals surface area contributed by atoms with Crippen LogP contribution >= 0.6 is 0 Å². The lowest BCUT2D eigenvalue weighted by molar-refractivity contribution is -0.150. The van der Waals surface area contributed by atoms with Crippen molar-refractivity contribution in [2.24, 2.45) is 11.8 Å². The fourth-order valence-electron chi connectivity index (χ4n) is 3.40. The molecule has 0 N–H and O–H groups in total. The van der Waals surface area contributed by atoms with E-state index in [1.54, 1.807) is 11.8 Å². The van der Waals surface area contributed by atoms with Crippen LogP contribution in [0.1, 0.15) is 30.9 Å². The summed E-state index contributed by atoms with van der Waals surface area (Å²) in [5, 5.41) is 0. The Balaban J connectivity index is 1.42. The van der Waals surface area contributed by atoms with Gasteiger partial charge in [-0.1, -0.05) is 13.0 Å². The highest BCUT2D eigenvalue weighted by atomic mass is 19.4. The van der Waals surface area contributed by atoms with Crippen molar-refractivity contribution >= 4 is 11.9 Å². The Morgan fingerprint density at radius 2 is 2.07 bits per heavy atom. The molecule has 2 heterocycles. The van der Waals surface area contributed by atoms with Crippen LogP contribution in [-0.2, 0) is 31.8 Å². The number of rotatable bonds is 6. The van der Waals surface area contributed by atoms with Crippen LogP contribution in [0, 0.1) is 17.7 Å². The average molecular weight is 403 g/mol. The van der Waals surface area contributed by atoms with Gasteiger partial charge in [0.05, 0.1) is 31.3 Å². The Labute approximate surface area is 159 Å². The number of amides is 1. The third-order valence-electron chi connectivity index (χ3n) is 5.06. The first kappa shape index (κ1) is 20.6. The molecule has 2 atom stereocenters. The number of hydrogen-bond donors (Lipinski definition) is 0. The number of halogens is 4. The molecule has 2 saturated heterocycles. The SMILES string of the molecule is CC(C[C@@H]1COC(=O)C1)C(=O)N1CC(OCc2ccc(C(F)(F)F)cc2F)C1. The van der Waals surface area contributed by atoms with Crippen molar-refractivity contribution in [1.29, 1.82) is 0 Å². The predicted molar refractivity (Wildman–Crippen MR) is 89.4 cm³/mol. The summed E-state index contributed by atoms with van der Waals surface area (Å²) in [4.78, 5) is 25.1. The molecule has 2 aliphatic rings. The van der Waals surface area contributed by atoms with Crippen LogP contribution < -0.4 is 0 Å². The molecule has 1 unspecified atom stereocenters. The zero-order chi connectivity index (χ0) is 20.5. The molecule has 0 aromatic heterocycles. The van der Waals surface area contributed by atoms with E-state index < -0.39 is 17.6 Å². The number of nitrogens with zero attached hydrogens (tertiary/aromatic N) is 1. The topological polar surface area (TPSA) is 55.8 Å². The number of benzene rings is 1. The van der Waals surface area contributed by atoms with Gasteiger partial charge in [-0.15, -0.1) is 0 Å². The quantitative estimate of drug-likeness (QED) is 0.541. The second kappa shape index (κ2) is 8.06. The summed E-state index contributed by atoms with van der Waals surface area (Å²) in [5.74, 6) is -1.43. The second-order valence-electron chi connectivity index (χ2n) is 7.37. The van der Waals surface area contributed by atoms with Gasteiger partial charge in [0.2, 0.25) is 5.91 Å². The number of ether oxygens (including phenoxy) is 2. The minimum absolute atomic E-state index is 0.0389. The number of esters is 1. The number of alkyl halides is 3. The van der Waals surface area contributed by atoms with Crippen molar-refractivity contribution in [1.82, 2.24) is 4.90 Å². The summed E-state index contributed by atoms with van der Waals surface area (Å²) in [6.45, 7) is 2.70. The van der Waals surface area contributed by atoms with Gasteiger partial charge in [-0.2, -0.15) is 13.2 Å². The van der Waals surface area contributed by atoms with Gasteiger partial charge in [-0.05, 0) is 18.6 Å². The Morgan fingerprint density at radius 3 is 2.64 bits per heavy atom. The Bertz CT molecular complexity index is 746. The first-order chi connectivity index (χ1) is 13.1. The summed E-state index contributed by atoms with van der Waals surface area (Å²) < 4.78 is 61.8. The smallest absolute Gasteiger partial charge is 0.416 e. The molecule has 2 fully saturated rings. The molecule has 154 valence electrons. The maximum atomic E-state index is 13.8. The lowest BCUT2D eigenvalue weighted by atomic mass is 9.93. The van der Waals surface area contributed by atoms with Gasteiger partial charge >= 0.3 is 12.1 Å². The van der Waals surface area contributed by atoms with Crippen LogP contribution in [0.4, 0.5) is 17.6 Å². The molecule has 1 aromatic carbocycles. The maximum Gasteiger partial charge on any atom is 0.416 e. The molecule has 0 radical (unpaired) electrons. The molecule has 0 bridgehead atoms. The third-order valence-corrected chi connectivity index (χ3v) is 5.06. The normalized spacial score (nSPS) is 21.4. The molecule has 2 aliphatic heterocycles. The third kappa shape index (κ3) is 4.81. The van der Waals surface area contributed by atoms with Crippen molar-refractivity contribution in [3.05, 3.63) is 35.1 Å². The lowest BCUT2D eigenvalue weighted by Crippen LogP contribution is -2.56. The number of carbonyl (C=O) groups excluding carboxylic acids is 2. The lowest BCUT2D eigenvalue weighted by Gasteiger charge is -2.40. The molecule has 0 saturated carbocycles.